The molecule has 2 aromatic heterocycles. The van der Waals surface area contributed by atoms with Crippen molar-refractivity contribution in [1.29, 1.82) is 0 Å². The van der Waals surface area contributed by atoms with Crippen LogP contribution in [0.5, 0.6) is 5.75 Å². The van der Waals surface area contributed by atoms with Crippen molar-refractivity contribution in [3.8, 4) is 5.75 Å². The largest absolute Gasteiger partial charge is 0.487 e. The Hall–Kier alpha value is -2.66. The molecule has 26 heavy (non-hydrogen) atoms. The van der Waals surface area contributed by atoms with Gasteiger partial charge in [-0.2, -0.15) is 5.10 Å². The lowest BCUT2D eigenvalue weighted by Gasteiger charge is -2.31. The van der Waals surface area contributed by atoms with E-state index < -0.39 is 0 Å². The Morgan fingerprint density at radius 3 is 2.54 bits per heavy atom. The van der Waals surface area contributed by atoms with Crippen molar-refractivity contribution >= 4 is 0 Å². The first-order valence-electron chi connectivity index (χ1n) is 9.20. The molecule has 0 amide bonds. The molecule has 0 atom stereocenters. The van der Waals surface area contributed by atoms with Gasteiger partial charge in [0.1, 0.15) is 12.4 Å². The van der Waals surface area contributed by atoms with Gasteiger partial charge < -0.3 is 4.74 Å². The van der Waals surface area contributed by atoms with Crippen LogP contribution in [0.4, 0.5) is 0 Å². The van der Waals surface area contributed by atoms with Gasteiger partial charge in [-0.05, 0) is 61.8 Å². The van der Waals surface area contributed by atoms with Crippen molar-refractivity contribution in [3.63, 3.8) is 0 Å². The summed E-state index contributed by atoms with van der Waals surface area (Å²) < 4.78 is 5.81. The number of rotatable bonds is 6. The zero-order chi connectivity index (χ0) is 17.6. The van der Waals surface area contributed by atoms with E-state index in [0.717, 1.165) is 31.1 Å². The van der Waals surface area contributed by atoms with Gasteiger partial charge in [0.05, 0.1) is 5.69 Å². The van der Waals surface area contributed by atoms with E-state index >= 15 is 0 Å². The average molecular weight is 348 g/mol. The van der Waals surface area contributed by atoms with Gasteiger partial charge in [-0.3, -0.25) is 15.0 Å². The van der Waals surface area contributed by atoms with E-state index in [-0.39, 0.29) is 0 Å². The zero-order valence-corrected chi connectivity index (χ0v) is 14.8. The fraction of sp³-hybridized carbons (Fsp3) is 0.333. The van der Waals surface area contributed by atoms with Crippen LogP contribution in [0, 0.1) is 0 Å². The number of aromatic amines is 1. The van der Waals surface area contributed by atoms with Gasteiger partial charge in [0.25, 0.3) is 0 Å². The maximum atomic E-state index is 5.81. The molecule has 5 nitrogen and oxygen atoms in total. The number of hydrogen-bond acceptors (Lipinski definition) is 4. The predicted octanol–water partition coefficient (Wildman–Crippen LogP) is 3.76. The molecule has 1 N–H and O–H groups in total. The highest BCUT2D eigenvalue weighted by atomic mass is 16.5. The minimum atomic E-state index is 0.501. The minimum Gasteiger partial charge on any atom is -0.487 e. The number of ether oxygens (including phenoxy) is 1. The number of piperidine rings is 1. The summed E-state index contributed by atoms with van der Waals surface area (Å²) >= 11 is 0. The van der Waals surface area contributed by atoms with E-state index in [1.54, 1.807) is 6.20 Å². The van der Waals surface area contributed by atoms with Gasteiger partial charge in [-0.15, -0.1) is 0 Å². The molecule has 1 fully saturated rings. The molecule has 134 valence electrons. The van der Waals surface area contributed by atoms with Crippen molar-refractivity contribution in [2.75, 3.05) is 13.1 Å². The normalized spacial score (nSPS) is 15.8. The average Bonchev–Trinajstić information content (AvgIpc) is 3.24. The van der Waals surface area contributed by atoms with Crippen LogP contribution in [0.2, 0.25) is 0 Å². The number of nitrogens with zero attached hydrogens (tertiary/aromatic N) is 3. The summed E-state index contributed by atoms with van der Waals surface area (Å²) in [7, 11) is 0. The Morgan fingerprint density at radius 1 is 1.00 bits per heavy atom. The summed E-state index contributed by atoms with van der Waals surface area (Å²) in [5.74, 6) is 1.51. The number of H-pyrrole nitrogens is 1. The van der Waals surface area contributed by atoms with Crippen LogP contribution in [-0.4, -0.2) is 33.2 Å². The maximum Gasteiger partial charge on any atom is 0.130 e. The fourth-order valence-electron chi connectivity index (χ4n) is 3.49. The van der Waals surface area contributed by atoms with Crippen molar-refractivity contribution < 1.29 is 4.74 Å². The molecule has 0 aliphatic carbocycles. The molecule has 4 rings (SSSR count). The van der Waals surface area contributed by atoms with E-state index in [2.05, 4.69) is 50.4 Å². The fourth-order valence-corrected chi connectivity index (χ4v) is 3.49. The second-order valence-electron chi connectivity index (χ2n) is 6.82. The standard InChI is InChI=1S/C21H24N4O/c1-2-11-22-19(3-1)16-26-20-6-4-17(5-7-20)15-25-13-9-18(10-14-25)21-8-12-23-24-21/h1-8,11-12,18H,9-10,13-16H2,(H,23,24). The van der Waals surface area contributed by atoms with Crippen LogP contribution in [-0.2, 0) is 13.2 Å². The highest BCUT2D eigenvalue weighted by molar-refractivity contribution is 5.27. The number of likely N-dealkylation sites (tertiary alicyclic amines) is 1. The molecule has 0 bridgehead atoms. The third-order valence-electron chi connectivity index (χ3n) is 4.99. The SMILES string of the molecule is c1ccc(COc2ccc(CN3CCC(c4ccn[nH]4)CC3)cc2)nc1. The summed E-state index contributed by atoms with van der Waals surface area (Å²) in [5, 5.41) is 7.19. The quantitative estimate of drug-likeness (QED) is 0.737. The van der Waals surface area contributed by atoms with E-state index in [0.29, 0.717) is 12.5 Å². The number of nitrogens with one attached hydrogen (secondary N) is 1. The number of hydrogen-bond donors (Lipinski definition) is 1. The third kappa shape index (κ3) is 4.29. The Kier molecular flexibility index (Phi) is 5.26. The van der Waals surface area contributed by atoms with Crippen molar-refractivity contribution in [2.24, 2.45) is 0 Å². The molecule has 1 aliphatic heterocycles. The van der Waals surface area contributed by atoms with Crippen LogP contribution >= 0.6 is 0 Å². The molecular weight excluding hydrogens is 324 g/mol. The van der Waals surface area contributed by atoms with Gasteiger partial charge in [-0.25, -0.2) is 0 Å². The summed E-state index contributed by atoms with van der Waals surface area (Å²) in [4.78, 5) is 6.80. The van der Waals surface area contributed by atoms with E-state index in [9.17, 15) is 0 Å². The van der Waals surface area contributed by atoms with Gasteiger partial charge in [-0.1, -0.05) is 18.2 Å². The van der Waals surface area contributed by atoms with Crippen LogP contribution in [0.1, 0.15) is 35.7 Å². The lowest BCUT2D eigenvalue weighted by molar-refractivity contribution is 0.203. The van der Waals surface area contributed by atoms with Crippen LogP contribution < -0.4 is 4.74 Å². The molecular formula is C21H24N4O. The molecule has 0 saturated carbocycles. The Balaban J connectivity index is 1.25. The highest BCUT2D eigenvalue weighted by Gasteiger charge is 2.21. The summed E-state index contributed by atoms with van der Waals surface area (Å²) in [6, 6.07) is 16.4. The molecule has 3 heterocycles. The van der Waals surface area contributed by atoms with Gasteiger partial charge >= 0.3 is 0 Å². The van der Waals surface area contributed by atoms with Crippen molar-refractivity contribution in [2.45, 2.75) is 31.9 Å². The first kappa shape index (κ1) is 16.8. The Morgan fingerprint density at radius 2 is 1.85 bits per heavy atom. The monoisotopic (exact) mass is 348 g/mol. The summed E-state index contributed by atoms with van der Waals surface area (Å²) in [5.41, 5.74) is 3.55. The van der Waals surface area contributed by atoms with Crippen molar-refractivity contribution in [1.82, 2.24) is 20.1 Å². The lowest BCUT2D eigenvalue weighted by atomic mass is 9.93. The summed E-state index contributed by atoms with van der Waals surface area (Å²) in [6.45, 7) is 3.75. The molecule has 0 spiro atoms. The lowest BCUT2D eigenvalue weighted by Crippen LogP contribution is -2.32. The first-order valence-corrected chi connectivity index (χ1v) is 9.20. The van der Waals surface area contributed by atoms with Gasteiger partial charge in [0.2, 0.25) is 0 Å². The number of pyridine rings is 1. The zero-order valence-electron chi connectivity index (χ0n) is 14.8. The van der Waals surface area contributed by atoms with Crippen LogP contribution in [0.15, 0.2) is 60.9 Å². The number of aromatic nitrogens is 3. The van der Waals surface area contributed by atoms with Crippen LogP contribution in [0.3, 0.4) is 0 Å². The highest BCUT2D eigenvalue weighted by Crippen LogP contribution is 2.27. The van der Waals surface area contributed by atoms with Crippen molar-refractivity contribution in [3.05, 3.63) is 77.9 Å². The third-order valence-corrected chi connectivity index (χ3v) is 4.99. The van der Waals surface area contributed by atoms with E-state index in [4.69, 9.17) is 4.74 Å². The van der Waals surface area contributed by atoms with E-state index in [1.165, 1.54) is 24.1 Å². The molecule has 1 aromatic carbocycles. The minimum absolute atomic E-state index is 0.501. The predicted molar refractivity (Wildman–Crippen MR) is 101 cm³/mol. The Bertz CT molecular complexity index is 779. The topological polar surface area (TPSA) is 54.0 Å². The molecule has 5 heteroatoms. The second kappa shape index (κ2) is 8.15. The second-order valence-corrected chi connectivity index (χ2v) is 6.82. The number of benzene rings is 1. The summed E-state index contributed by atoms with van der Waals surface area (Å²) in [6.07, 6.45) is 6.01. The molecule has 0 unspecified atom stereocenters. The van der Waals surface area contributed by atoms with Gasteiger partial charge in [0, 0.05) is 30.6 Å². The molecule has 0 radical (unpaired) electrons. The first-order chi connectivity index (χ1) is 12.9. The molecule has 1 saturated heterocycles. The maximum absolute atomic E-state index is 5.81. The molecule has 3 aromatic rings. The smallest absolute Gasteiger partial charge is 0.130 e. The Labute approximate surface area is 154 Å². The molecule has 1 aliphatic rings. The van der Waals surface area contributed by atoms with Crippen LogP contribution in [0.25, 0.3) is 0 Å². The van der Waals surface area contributed by atoms with E-state index in [1.807, 2.05) is 24.4 Å². The van der Waals surface area contributed by atoms with Gasteiger partial charge in [0.15, 0.2) is 0 Å².